The number of carbonyl (C=O) groups excluding carboxylic acids is 1. The van der Waals surface area contributed by atoms with E-state index < -0.39 is 0 Å². The van der Waals surface area contributed by atoms with Crippen LogP contribution in [-0.2, 0) is 11.2 Å². The van der Waals surface area contributed by atoms with Crippen molar-refractivity contribution < 1.29 is 4.79 Å². The van der Waals surface area contributed by atoms with Crippen LogP contribution in [0, 0.1) is 0 Å². The minimum atomic E-state index is 0.102. The van der Waals surface area contributed by atoms with Crippen LogP contribution in [0.5, 0.6) is 0 Å². The van der Waals surface area contributed by atoms with Gasteiger partial charge in [-0.2, -0.15) is 0 Å². The molecule has 0 saturated heterocycles. The summed E-state index contributed by atoms with van der Waals surface area (Å²) >= 11 is 3.59. The molecule has 4 heteroatoms. The van der Waals surface area contributed by atoms with Gasteiger partial charge >= 0.3 is 0 Å². The van der Waals surface area contributed by atoms with Gasteiger partial charge in [0.2, 0.25) is 5.91 Å². The Morgan fingerprint density at radius 3 is 2.81 bits per heavy atom. The summed E-state index contributed by atoms with van der Waals surface area (Å²) in [6.07, 6.45) is 1.37. The number of halogens is 1. The van der Waals surface area contributed by atoms with Gasteiger partial charge in [0.25, 0.3) is 0 Å². The lowest BCUT2D eigenvalue weighted by Gasteiger charge is -2.21. The van der Waals surface area contributed by atoms with E-state index in [-0.39, 0.29) is 11.9 Å². The largest absolute Gasteiger partial charge is 0.378 e. The van der Waals surface area contributed by atoms with Crippen molar-refractivity contribution in [3.8, 4) is 0 Å². The molecule has 0 bridgehead atoms. The highest BCUT2D eigenvalue weighted by Gasteiger charge is 2.15. The zero-order valence-corrected chi connectivity index (χ0v) is 13.4. The normalized spacial score (nSPS) is 15.0. The van der Waals surface area contributed by atoms with Crippen LogP contribution in [0.15, 0.2) is 46.9 Å². The van der Waals surface area contributed by atoms with Crippen LogP contribution in [0.2, 0.25) is 0 Å². The van der Waals surface area contributed by atoms with Crippen molar-refractivity contribution in [2.45, 2.75) is 25.8 Å². The molecule has 108 valence electrons. The van der Waals surface area contributed by atoms with Crippen LogP contribution >= 0.6 is 15.9 Å². The molecule has 2 N–H and O–H groups in total. The molecule has 2 aromatic rings. The molecule has 0 aliphatic carbocycles. The standard InChI is InChI=1S/C17H17BrN2O/c1-11(14-4-2-3-5-15(14)18)19-13-7-8-16-12(10-13)6-9-17(21)20-16/h2-5,7-8,10-11,19H,6,9H2,1H3,(H,20,21). The summed E-state index contributed by atoms with van der Waals surface area (Å²) < 4.78 is 1.11. The maximum absolute atomic E-state index is 11.4. The second-order valence-corrected chi connectivity index (χ2v) is 6.16. The Kier molecular flexibility index (Phi) is 3.97. The van der Waals surface area contributed by atoms with Gasteiger partial charge in [0.1, 0.15) is 0 Å². The number of benzene rings is 2. The van der Waals surface area contributed by atoms with Gasteiger partial charge in [-0.3, -0.25) is 4.79 Å². The Morgan fingerprint density at radius 1 is 1.19 bits per heavy atom. The first-order chi connectivity index (χ1) is 10.1. The van der Waals surface area contributed by atoms with Crippen LogP contribution in [0.3, 0.4) is 0 Å². The third-order valence-electron chi connectivity index (χ3n) is 3.76. The summed E-state index contributed by atoms with van der Waals surface area (Å²) in [6, 6.07) is 14.5. The number of anilines is 2. The molecule has 3 nitrogen and oxygen atoms in total. The second kappa shape index (κ2) is 5.90. The quantitative estimate of drug-likeness (QED) is 0.860. The molecule has 3 rings (SSSR count). The van der Waals surface area contributed by atoms with E-state index in [1.807, 2.05) is 24.3 Å². The number of hydrogen-bond donors (Lipinski definition) is 2. The van der Waals surface area contributed by atoms with Crippen molar-refractivity contribution in [3.05, 3.63) is 58.1 Å². The summed E-state index contributed by atoms with van der Waals surface area (Å²) in [5, 5.41) is 6.42. The van der Waals surface area contributed by atoms with Crippen LogP contribution in [0.25, 0.3) is 0 Å². The second-order valence-electron chi connectivity index (χ2n) is 5.31. The number of carbonyl (C=O) groups is 1. The van der Waals surface area contributed by atoms with Crippen molar-refractivity contribution in [2.24, 2.45) is 0 Å². The van der Waals surface area contributed by atoms with Gasteiger partial charge in [0, 0.05) is 28.3 Å². The van der Waals surface area contributed by atoms with Gasteiger partial charge in [-0.15, -0.1) is 0 Å². The van der Waals surface area contributed by atoms with Gasteiger partial charge in [-0.05, 0) is 48.7 Å². The Balaban J connectivity index is 1.79. The van der Waals surface area contributed by atoms with Crippen molar-refractivity contribution >= 4 is 33.2 Å². The van der Waals surface area contributed by atoms with Gasteiger partial charge < -0.3 is 10.6 Å². The lowest BCUT2D eigenvalue weighted by molar-refractivity contribution is -0.116. The zero-order chi connectivity index (χ0) is 14.8. The monoisotopic (exact) mass is 344 g/mol. The molecule has 0 spiro atoms. The number of fused-ring (bicyclic) bond motifs is 1. The first kappa shape index (κ1) is 14.1. The number of aryl methyl sites for hydroxylation is 1. The van der Waals surface area contributed by atoms with E-state index >= 15 is 0 Å². The molecule has 1 aliphatic heterocycles. The molecule has 1 amide bonds. The Hall–Kier alpha value is -1.81. The predicted octanol–water partition coefficient (Wildman–Crippen LogP) is 4.51. The summed E-state index contributed by atoms with van der Waals surface area (Å²) in [5.74, 6) is 0.102. The maximum atomic E-state index is 11.4. The van der Waals surface area contributed by atoms with Crippen LogP contribution in [-0.4, -0.2) is 5.91 Å². The number of hydrogen-bond acceptors (Lipinski definition) is 2. The predicted molar refractivity (Wildman–Crippen MR) is 89.6 cm³/mol. The fourth-order valence-corrected chi connectivity index (χ4v) is 3.26. The van der Waals surface area contributed by atoms with E-state index in [1.54, 1.807) is 0 Å². The Labute approximate surface area is 132 Å². The van der Waals surface area contributed by atoms with E-state index in [2.05, 4.69) is 51.7 Å². The molecule has 0 fully saturated rings. The molecular formula is C17H17BrN2O. The lowest BCUT2D eigenvalue weighted by Crippen LogP contribution is -2.19. The van der Waals surface area contributed by atoms with Gasteiger partial charge in [-0.25, -0.2) is 0 Å². The minimum absolute atomic E-state index is 0.102. The fourth-order valence-electron chi connectivity index (χ4n) is 2.63. The molecule has 21 heavy (non-hydrogen) atoms. The van der Waals surface area contributed by atoms with Gasteiger partial charge in [0.05, 0.1) is 0 Å². The molecule has 0 radical (unpaired) electrons. The number of rotatable bonds is 3. The topological polar surface area (TPSA) is 41.1 Å². The van der Waals surface area contributed by atoms with Crippen molar-refractivity contribution in [2.75, 3.05) is 10.6 Å². The average molecular weight is 345 g/mol. The van der Waals surface area contributed by atoms with E-state index in [1.165, 1.54) is 11.1 Å². The first-order valence-corrected chi connectivity index (χ1v) is 7.86. The zero-order valence-electron chi connectivity index (χ0n) is 11.8. The number of nitrogens with one attached hydrogen (secondary N) is 2. The average Bonchev–Trinajstić information content (AvgIpc) is 2.48. The summed E-state index contributed by atoms with van der Waals surface area (Å²) in [4.78, 5) is 11.4. The highest BCUT2D eigenvalue weighted by Crippen LogP contribution is 2.29. The maximum Gasteiger partial charge on any atom is 0.224 e. The fraction of sp³-hybridized carbons (Fsp3) is 0.235. The van der Waals surface area contributed by atoms with Crippen molar-refractivity contribution in [1.29, 1.82) is 0 Å². The summed E-state index contributed by atoms with van der Waals surface area (Å²) in [5.41, 5.74) is 4.43. The van der Waals surface area contributed by atoms with Crippen molar-refractivity contribution in [3.63, 3.8) is 0 Å². The van der Waals surface area contributed by atoms with Crippen molar-refractivity contribution in [1.82, 2.24) is 0 Å². The van der Waals surface area contributed by atoms with E-state index in [0.717, 1.165) is 22.3 Å². The molecule has 1 unspecified atom stereocenters. The smallest absolute Gasteiger partial charge is 0.224 e. The van der Waals surface area contributed by atoms with E-state index in [0.29, 0.717) is 6.42 Å². The molecule has 2 aromatic carbocycles. The van der Waals surface area contributed by atoms with E-state index in [9.17, 15) is 4.79 Å². The molecular weight excluding hydrogens is 328 g/mol. The molecule has 1 atom stereocenters. The highest BCUT2D eigenvalue weighted by molar-refractivity contribution is 9.10. The van der Waals surface area contributed by atoms with E-state index in [4.69, 9.17) is 0 Å². The Morgan fingerprint density at radius 2 is 2.00 bits per heavy atom. The third kappa shape index (κ3) is 3.10. The van der Waals surface area contributed by atoms with Crippen LogP contribution in [0.1, 0.15) is 30.5 Å². The van der Waals surface area contributed by atoms with Crippen LogP contribution < -0.4 is 10.6 Å². The summed E-state index contributed by atoms with van der Waals surface area (Å²) in [7, 11) is 0. The molecule has 1 aliphatic rings. The Bertz CT molecular complexity index is 684. The van der Waals surface area contributed by atoms with Crippen LogP contribution in [0.4, 0.5) is 11.4 Å². The first-order valence-electron chi connectivity index (χ1n) is 7.07. The third-order valence-corrected chi connectivity index (χ3v) is 4.48. The SMILES string of the molecule is CC(Nc1ccc2c(c1)CCC(=O)N2)c1ccccc1Br. The molecule has 0 aromatic heterocycles. The number of amides is 1. The molecule has 1 heterocycles. The minimum Gasteiger partial charge on any atom is -0.378 e. The van der Waals surface area contributed by atoms with Gasteiger partial charge in [0.15, 0.2) is 0 Å². The summed E-state index contributed by atoms with van der Waals surface area (Å²) in [6.45, 7) is 2.14. The highest BCUT2D eigenvalue weighted by atomic mass is 79.9. The lowest BCUT2D eigenvalue weighted by atomic mass is 10.0. The van der Waals surface area contributed by atoms with Gasteiger partial charge in [-0.1, -0.05) is 34.1 Å². The molecule has 0 saturated carbocycles.